The third-order valence-corrected chi connectivity index (χ3v) is 0.848. The molecular weight excluding hydrogens is 140 g/mol. The molecule has 2 nitrogen and oxygen atoms in total. The fourth-order valence-corrected chi connectivity index (χ4v) is 0.437. The first-order valence-electron chi connectivity index (χ1n) is 3.22. The highest BCUT2D eigenvalue weighted by Gasteiger charge is 2.20. The van der Waals surface area contributed by atoms with Crippen molar-refractivity contribution in [1.82, 2.24) is 0 Å². The molecule has 10 heavy (non-hydrogen) atoms. The van der Waals surface area contributed by atoms with E-state index in [2.05, 4.69) is 4.74 Å². The van der Waals surface area contributed by atoms with Gasteiger partial charge >= 0.3 is 0 Å². The van der Waals surface area contributed by atoms with Gasteiger partial charge in [0.25, 0.3) is 5.92 Å². The molecule has 0 aromatic heterocycles. The molecule has 0 fully saturated rings. The first-order valence-corrected chi connectivity index (χ1v) is 3.22. The molecule has 0 atom stereocenters. The Morgan fingerprint density at radius 3 is 2.50 bits per heavy atom. The van der Waals surface area contributed by atoms with Crippen LogP contribution < -0.4 is 5.73 Å². The van der Waals surface area contributed by atoms with Crippen molar-refractivity contribution in [3.8, 4) is 0 Å². The Morgan fingerprint density at radius 2 is 2.10 bits per heavy atom. The van der Waals surface area contributed by atoms with Gasteiger partial charge in [0.15, 0.2) is 0 Å². The van der Waals surface area contributed by atoms with Crippen molar-refractivity contribution in [3.05, 3.63) is 0 Å². The minimum atomic E-state index is -2.71. The van der Waals surface area contributed by atoms with Crippen LogP contribution in [-0.2, 0) is 4.74 Å². The molecule has 62 valence electrons. The van der Waals surface area contributed by atoms with Gasteiger partial charge in [-0.3, -0.25) is 0 Å². The summed E-state index contributed by atoms with van der Waals surface area (Å²) in [5.41, 5.74) is 5.11. The van der Waals surface area contributed by atoms with Crippen LogP contribution in [0.15, 0.2) is 0 Å². The Kier molecular flexibility index (Phi) is 4.47. The lowest BCUT2D eigenvalue weighted by Gasteiger charge is -2.09. The number of hydrogen-bond donors (Lipinski definition) is 1. The van der Waals surface area contributed by atoms with E-state index >= 15 is 0 Å². The Labute approximate surface area is 59.3 Å². The van der Waals surface area contributed by atoms with Crippen molar-refractivity contribution in [2.24, 2.45) is 5.73 Å². The predicted molar refractivity (Wildman–Crippen MR) is 35.1 cm³/mol. The number of hydrogen-bond acceptors (Lipinski definition) is 2. The Morgan fingerprint density at radius 1 is 1.50 bits per heavy atom. The predicted octanol–water partition coefficient (Wildman–Crippen LogP) is 1.01. The first-order chi connectivity index (χ1) is 4.56. The normalized spacial score (nSPS) is 12.0. The van der Waals surface area contributed by atoms with Crippen molar-refractivity contribution in [1.29, 1.82) is 0 Å². The molecule has 0 radical (unpaired) electrons. The molecule has 0 aromatic carbocycles. The van der Waals surface area contributed by atoms with E-state index < -0.39 is 12.5 Å². The quantitative estimate of drug-likeness (QED) is 0.598. The molecule has 0 saturated heterocycles. The summed E-state index contributed by atoms with van der Waals surface area (Å²) < 4.78 is 28.6. The molecule has 0 aromatic rings. The van der Waals surface area contributed by atoms with Gasteiger partial charge in [-0.15, -0.1) is 0 Å². The van der Waals surface area contributed by atoms with Crippen LogP contribution in [0, 0.1) is 0 Å². The smallest absolute Gasteiger partial charge is 0.268 e. The highest BCUT2D eigenvalue weighted by molar-refractivity contribution is 4.54. The van der Waals surface area contributed by atoms with E-state index in [1.54, 1.807) is 0 Å². The SMILES string of the molecule is CC(F)(F)COCCCN. The molecular formula is C6H13F2NO. The van der Waals surface area contributed by atoms with Gasteiger partial charge in [-0.1, -0.05) is 0 Å². The van der Waals surface area contributed by atoms with Crippen LogP contribution in [-0.4, -0.2) is 25.7 Å². The van der Waals surface area contributed by atoms with E-state index in [1.165, 1.54) is 0 Å². The summed E-state index contributed by atoms with van der Waals surface area (Å²) in [6, 6.07) is 0. The summed E-state index contributed by atoms with van der Waals surface area (Å²) in [4.78, 5) is 0. The van der Waals surface area contributed by atoms with Gasteiger partial charge in [-0.25, -0.2) is 8.78 Å². The fraction of sp³-hybridized carbons (Fsp3) is 1.00. The minimum Gasteiger partial charge on any atom is -0.375 e. The van der Waals surface area contributed by atoms with Crippen LogP contribution in [0.4, 0.5) is 8.78 Å². The number of nitrogens with two attached hydrogens (primary N) is 1. The number of ether oxygens (including phenoxy) is 1. The Balaban J connectivity index is 3.04. The van der Waals surface area contributed by atoms with Crippen molar-refractivity contribution in [3.63, 3.8) is 0 Å². The van der Waals surface area contributed by atoms with Crippen LogP contribution in [0.2, 0.25) is 0 Å². The molecule has 0 unspecified atom stereocenters. The summed E-state index contributed by atoms with van der Waals surface area (Å²) in [5.74, 6) is -2.71. The fourth-order valence-electron chi connectivity index (χ4n) is 0.437. The highest BCUT2D eigenvalue weighted by atomic mass is 19.3. The van der Waals surface area contributed by atoms with Gasteiger partial charge in [-0.05, 0) is 13.0 Å². The topological polar surface area (TPSA) is 35.2 Å². The number of rotatable bonds is 5. The largest absolute Gasteiger partial charge is 0.375 e. The van der Waals surface area contributed by atoms with Gasteiger partial charge in [0.05, 0.1) is 0 Å². The van der Waals surface area contributed by atoms with Crippen LogP contribution >= 0.6 is 0 Å². The summed E-state index contributed by atoms with van der Waals surface area (Å²) in [7, 11) is 0. The molecule has 2 N–H and O–H groups in total. The van der Waals surface area contributed by atoms with Crippen molar-refractivity contribution in [2.75, 3.05) is 19.8 Å². The number of halogens is 2. The second-order valence-electron chi connectivity index (χ2n) is 2.27. The third-order valence-electron chi connectivity index (χ3n) is 0.848. The van der Waals surface area contributed by atoms with E-state index in [-0.39, 0.29) is 0 Å². The van der Waals surface area contributed by atoms with Gasteiger partial charge in [0.2, 0.25) is 0 Å². The second kappa shape index (κ2) is 4.57. The zero-order valence-electron chi connectivity index (χ0n) is 6.07. The van der Waals surface area contributed by atoms with E-state index in [0.29, 0.717) is 19.6 Å². The molecule has 0 saturated carbocycles. The van der Waals surface area contributed by atoms with Gasteiger partial charge in [0.1, 0.15) is 6.61 Å². The Bertz CT molecular complexity index is 82.3. The third kappa shape index (κ3) is 7.78. The summed E-state index contributed by atoms with van der Waals surface area (Å²) in [6.45, 7) is 1.12. The summed E-state index contributed by atoms with van der Waals surface area (Å²) in [6.07, 6.45) is 0.635. The lowest BCUT2D eigenvalue weighted by molar-refractivity contribution is -0.0623. The summed E-state index contributed by atoms with van der Waals surface area (Å²) in [5, 5.41) is 0. The van der Waals surface area contributed by atoms with E-state index in [4.69, 9.17) is 5.73 Å². The zero-order valence-corrected chi connectivity index (χ0v) is 6.07. The lowest BCUT2D eigenvalue weighted by atomic mass is 10.4. The maximum absolute atomic E-state index is 12.0. The molecule has 4 heteroatoms. The second-order valence-corrected chi connectivity index (χ2v) is 2.27. The van der Waals surface area contributed by atoms with Crippen LogP contribution in [0.5, 0.6) is 0 Å². The molecule has 0 spiro atoms. The first kappa shape index (κ1) is 9.78. The van der Waals surface area contributed by atoms with Gasteiger partial charge in [0, 0.05) is 13.5 Å². The molecule has 0 rings (SSSR count). The van der Waals surface area contributed by atoms with Crippen LogP contribution in [0.1, 0.15) is 13.3 Å². The zero-order chi connectivity index (χ0) is 8.04. The van der Waals surface area contributed by atoms with E-state index in [9.17, 15) is 8.78 Å². The standard InChI is InChI=1S/C6H13F2NO/c1-6(7,8)5-10-4-2-3-9/h2-5,9H2,1H3. The van der Waals surface area contributed by atoms with Crippen molar-refractivity contribution < 1.29 is 13.5 Å². The molecule has 0 bridgehead atoms. The monoisotopic (exact) mass is 153 g/mol. The molecule has 0 amide bonds. The lowest BCUT2D eigenvalue weighted by Crippen LogP contribution is -2.19. The Hall–Kier alpha value is -0.220. The average molecular weight is 153 g/mol. The van der Waals surface area contributed by atoms with Crippen molar-refractivity contribution >= 4 is 0 Å². The number of alkyl halides is 2. The van der Waals surface area contributed by atoms with Crippen molar-refractivity contribution in [2.45, 2.75) is 19.3 Å². The maximum Gasteiger partial charge on any atom is 0.268 e. The van der Waals surface area contributed by atoms with E-state index in [0.717, 1.165) is 6.92 Å². The average Bonchev–Trinajstić information content (AvgIpc) is 1.78. The molecule has 0 aliphatic carbocycles. The van der Waals surface area contributed by atoms with Crippen LogP contribution in [0.3, 0.4) is 0 Å². The van der Waals surface area contributed by atoms with Gasteiger partial charge < -0.3 is 10.5 Å². The maximum atomic E-state index is 12.0. The highest BCUT2D eigenvalue weighted by Crippen LogP contribution is 2.10. The minimum absolute atomic E-state index is 0.319. The van der Waals surface area contributed by atoms with E-state index in [1.807, 2.05) is 0 Å². The molecule has 0 heterocycles. The molecule has 0 aliphatic rings. The molecule has 0 aliphatic heterocycles. The summed E-state index contributed by atoms with van der Waals surface area (Å²) >= 11 is 0. The van der Waals surface area contributed by atoms with Gasteiger partial charge in [-0.2, -0.15) is 0 Å². The van der Waals surface area contributed by atoms with Crippen LogP contribution in [0.25, 0.3) is 0 Å².